The van der Waals surface area contributed by atoms with Crippen molar-refractivity contribution in [3.8, 4) is 22.5 Å². The van der Waals surface area contributed by atoms with Crippen LogP contribution in [0, 0.1) is 0 Å². The number of aromatic nitrogens is 3. The van der Waals surface area contributed by atoms with Crippen LogP contribution < -0.4 is 0 Å². The van der Waals surface area contributed by atoms with Crippen LogP contribution in [-0.4, -0.2) is 36.7 Å². The average Bonchev–Trinajstić information content (AvgIpc) is 2.62. The lowest BCUT2D eigenvalue weighted by Crippen LogP contribution is -2.00. The second-order valence-electron chi connectivity index (χ2n) is 5.00. The number of hydrogen-bond acceptors (Lipinski definition) is 5. The molecule has 0 aliphatic carbocycles. The molecule has 1 unspecified atom stereocenters. The van der Waals surface area contributed by atoms with Gasteiger partial charge < -0.3 is 5.11 Å². The molecule has 2 aromatic carbocycles. The van der Waals surface area contributed by atoms with Crippen molar-refractivity contribution in [2.24, 2.45) is 0 Å². The number of carbonyl (C=O) groups is 1. The Morgan fingerprint density at radius 1 is 1.00 bits per heavy atom. The summed E-state index contributed by atoms with van der Waals surface area (Å²) in [6, 6.07) is 14.1. The van der Waals surface area contributed by atoms with Crippen LogP contribution in [0.15, 0.2) is 59.8 Å². The molecule has 1 N–H and O–H groups in total. The van der Waals surface area contributed by atoms with Crippen LogP contribution in [-0.2, 0) is 10.8 Å². The predicted molar refractivity (Wildman–Crippen MR) is 90.0 cm³/mol. The van der Waals surface area contributed by atoms with E-state index in [1.807, 2.05) is 12.1 Å². The van der Waals surface area contributed by atoms with Crippen LogP contribution in [0.1, 0.15) is 10.4 Å². The summed E-state index contributed by atoms with van der Waals surface area (Å²) in [6.45, 7) is 0. The summed E-state index contributed by atoms with van der Waals surface area (Å²) in [5.41, 5.74) is 2.42. The van der Waals surface area contributed by atoms with Gasteiger partial charge in [-0.05, 0) is 17.2 Å². The fraction of sp³-hybridized carbons (Fsp3) is 0.0588. The third kappa shape index (κ3) is 3.21. The van der Waals surface area contributed by atoms with Gasteiger partial charge in [0.2, 0.25) is 0 Å². The zero-order chi connectivity index (χ0) is 17.1. The molecule has 0 aliphatic rings. The standard InChI is InChI=1S/C17H13N3O3S/c1-24(23)15-10-18-16(20-19-15)12-8-6-11(7-9-12)13-4-2-3-5-14(13)17(21)22/h2-10H,1H3,(H,21,22). The van der Waals surface area contributed by atoms with E-state index in [0.717, 1.165) is 11.1 Å². The molecule has 0 fully saturated rings. The third-order valence-electron chi connectivity index (χ3n) is 3.45. The van der Waals surface area contributed by atoms with Gasteiger partial charge >= 0.3 is 5.97 Å². The van der Waals surface area contributed by atoms with Gasteiger partial charge in [0.1, 0.15) is 0 Å². The zero-order valence-corrected chi connectivity index (χ0v) is 13.5. The minimum absolute atomic E-state index is 0.248. The molecular formula is C17H13N3O3S. The van der Waals surface area contributed by atoms with Gasteiger partial charge in [0.15, 0.2) is 10.9 Å². The number of carboxylic acid groups (broad SMARTS) is 1. The van der Waals surface area contributed by atoms with Crippen molar-refractivity contribution < 1.29 is 14.1 Å². The molecule has 1 aromatic heterocycles. The number of carboxylic acids is 1. The Morgan fingerprint density at radius 2 is 1.67 bits per heavy atom. The number of nitrogens with zero attached hydrogens (tertiary/aromatic N) is 3. The lowest BCUT2D eigenvalue weighted by atomic mass is 9.98. The van der Waals surface area contributed by atoms with Gasteiger partial charge in [0.25, 0.3) is 0 Å². The molecule has 0 spiro atoms. The van der Waals surface area contributed by atoms with Gasteiger partial charge in [0, 0.05) is 11.8 Å². The van der Waals surface area contributed by atoms with Crippen molar-refractivity contribution in [1.29, 1.82) is 0 Å². The summed E-state index contributed by atoms with van der Waals surface area (Å²) in [4.78, 5) is 15.5. The second kappa shape index (κ2) is 6.67. The van der Waals surface area contributed by atoms with Crippen molar-refractivity contribution in [3.05, 3.63) is 60.3 Å². The Labute approximate surface area is 140 Å². The monoisotopic (exact) mass is 339 g/mol. The summed E-state index contributed by atoms with van der Waals surface area (Å²) < 4.78 is 11.3. The molecule has 7 heteroatoms. The maximum Gasteiger partial charge on any atom is 0.336 e. The van der Waals surface area contributed by atoms with Gasteiger partial charge in [-0.15, -0.1) is 10.2 Å². The fourth-order valence-electron chi connectivity index (χ4n) is 2.25. The van der Waals surface area contributed by atoms with Crippen molar-refractivity contribution in [2.75, 3.05) is 6.26 Å². The minimum atomic E-state index is -1.22. The summed E-state index contributed by atoms with van der Waals surface area (Å²) in [7, 11) is -1.22. The van der Waals surface area contributed by atoms with E-state index in [4.69, 9.17) is 0 Å². The van der Waals surface area contributed by atoms with Crippen molar-refractivity contribution >= 4 is 16.8 Å². The lowest BCUT2D eigenvalue weighted by molar-refractivity contribution is 0.0697. The first-order chi connectivity index (χ1) is 11.6. The van der Waals surface area contributed by atoms with Crippen molar-refractivity contribution in [3.63, 3.8) is 0 Å². The number of rotatable bonds is 4. The number of hydrogen-bond donors (Lipinski definition) is 1. The highest BCUT2D eigenvalue weighted by Crippen LogP contribution is 2.26. The van der Waals surface area contributed by atoms with Crippen LogP contribution in [0.3, 0.4) is 0 Å². The minimum Gasteiger partial charge on any atom is -0.478 e. The topological polar surface area (TPSA) is 93.0 Å². The van der Waals surface area contributed by atoms with E-state index in [1.165, 1.54) is 12.5 Å². The van der Waals surface area contributed by atoms with E-state index < -0.39 is 16.8 Å². The summed E-state index contributed by atoms with van der Waals surface area (Å²) in [6.07, 6.45) is 2.95. The van der Waals surface area contributed by atoms with Crippen LogP contribution in [0.4, 0.5) is 0 Å². The quantitative estimate of drug-likeness (QED) is 0.785. The molecule has 120 valence electrons. The Bertz CT molecular complexity index is 909. The van der Waals surface area contributed by atoms with E-state index in [0.29, 0.717) is 16.4 Å². The highest BCUT2D eigenvalue weighted by molar-refractivity contribution is 7.84. The second-order valence-corrected chi connectivity index (χ2v) is 6.33. The Hall–Kier alpha value is -2.93. The van der Waals surface area contributed by atoms with Crippen LogP contribution in [0.5, 0.6) is 0 Å². The molecule has 1 atom stereocenters. The van der Waals surface area contributed by atoms with Crippen molar-refractivity contribution in [2.45, 2.75) is 5.03 Å². The zero-order valence-electron chi connectivity index (χ0n) is 12.7. The Balaban J connectivity index is 1.94. The fourth-order valence-corrected chi connectivity index (χ4v) is 2.61. The first kappa shape index (κ1) is 15.9. The van der Waals surface area contributed by atoms with E-state index in [9.17, 15) is 14.1 Å². The summed E-state index contributed by atoms with van der Waals surface area (Å²) >= 11 is 0. The predicted octanol–water partition coefficient (Wildman–Crippen LogP) is 2.64. The summed E-state index contributed by atoms with van der Waals surface area (Å²) in [5.74, 6) is -0.548. The molecule has 0 radical (unpaired) electrons. The first-order valence-corrected chi connectivity index (χ1v) is 8.58. The van der Waals surface area contributed by atoms with Crippen LogP contribution >= 0.6 is 0 Å². The summed E-state index contributed by atoms with van der Waals surface area (Å²) in [5, 5.41) is 17.5. The van der Waals surface area contributed by atoms with Gasteiger partial charge in [-0.2, -0.15) is 0 Å². The Morgan fingerprint density at radius 3 is 2.25 bits per heavy atom. The lowest BCUT2D eigenvalue weighted by Gasteiger charge is -2.07. The average molecular weight is 339 g/mol. The molecule has 1 heterocycles. The molecule has 3 rings (SSSR count). The van der Waals surface area contributed by atoms with Crippen LogP contribution in [0.2, 0.25) is 0 Å². The molecule has 0 amide bonds. The normalized spacial score (nSPS) is 11.9. The van der Waals surface area contributed by atoms with E-state index >= 15 is 0 Å². The highest BCUT2D eigenvalue weighted by atomic mass is 32.2. The smallest absolute Gasteiger partial charge is 0.336 e. The molecule has 0 aliphatic heterocycles. The van der Waals surface area contributed by atoms with Gasteiger partial charge in [-0.25, -0.2) is 9.78 Å². The van der Waals surface area contributed by atoms with Crippen molar-refractivity contribution in [1.82, 2.24) is 15.2 Å². The van der Waals surface area contributed by atoms with Gasteiger partial charge in [-0.1, -0.05) is 42.5 Å². The van der Waals surface area contributed by atoms with E-state index in [2.05, 4.69) is 15.2 Å². The van der Waals surface area contributed by atoms with E-state index in [1.54, 1.807) is 36.4 Å². The van der Waals surface area contributed by atoms with Gasteiger partial charge in [-0.3, -0.25) is 4.21 Å². The molecule has 3 aromatic rings. The number of benzene rings is 2. The third-order valence-corrected chi connectivity index (χ3v) is 4.22. The SMILES string of the molecule is CS(=O)c1cnc(-c2ccc(-c3ccccc3C(=O)O)cc2)nn1. The van der Waals surface area contributed by atoms with E-state index in [-0.39, 0.29) is 5.56 Å². The molecule has 6 nitrogen and oxygen atoms in total. The Kier molecular flexibility index (Phi) is 4.43. The van der Waals surface area contributed by atoms with Gasteiger partial charge in [0.05, 0.1) is 22.6 Å². The molecular weight excluding hydrogens is 326 g/mol. The first-order valence-electron chi connectivity index (χ1n) is 7.02. The molecule has 0 saturated carbocycles. The maximum absolute atomic E-state index is 11.3. The molecule has 0 saturated heterocycles. The maximum atomic E-state index is 11.3. The largest absolute Gasteiger partial charge is 0.478 e. The highest BCUT2D eigenvalue weighted by Gasteiger charge is 2.11. The molecule has 24 heavy (non-hydrogen) atoms. The number of aromatic carboxylic acids is 1. The molecule has 0 bridgehead atoms. The van der Waals surface area contributed by atoms with Crippen LogP contribution in [0.25, 0.3) is 22.5 Å².